The van der Waals surface area contributed by atoms with Gasteiger partial charge in [-0.3, -0.25) is 9.59 Å². The first-order valence-electron chi connectivity index (χ1n) is 8.30. The van der Waals surface area contributed by atoms with E-state index in [4.69, 9.17) is 5.73 Å². The smallest absolute Gasteiger partial charge is 0.226 e. The predicted molar refractivity (Wildman–Crippen MR) is 82.8 cm³/mol. The lowest BCUT2D eigenvalue weighted by molar-refractivity contribution is -0.132. The van der Waals surface area contributed by atoms with Crippen LogP contribution >= 0.6 is 0 Å². The Bertz CT molecular complexity index is 590. The van der Waals surface area contributed by atoms with Crippen molar-refractivity contribution < 1.29 is 9.59 Å². The fourth-order valence-electron chi connectivity index (χ4n) is 4.71. The summed E-state index contributed by atoms with van der Waals surface area (Å²) in [4.78, 5) is 26.5. The lowest BCUT2D eigenvalue weighted by Crippen LogP contribution is -2.33. The average Bonchev–Trinajstić information content (AvgIpc) is 2.93. The quantitative estimate of drug-likeness (QED) is 0.924. The fourth-order valence-corrected chi connectivity index (χ4v) is 4.71. The second kappa shape index (κ2) is 5.11. The highest BCUT2D eigenvalue weighted by Crippen LogP contribution is 2.58. The summed E-state index contributed by atoms with van der Waals surface area (Å²) in [6.07, 6.45) is 3.68. The van der Waals surface area contributed by atoms with Crippen molar-refractivity contribution in [3.8, 4) is 0 Å². The third kappa shape index (κ3) is 2.13. The monoisotopic (exact) mass is 298 g/mol. The van der Waals surface area contributed by atoms with Gasteiger partial charge in [0.1, 0.15) is 0 Å². The number of likely N-dealkylation sites (tertiary alicyclic amines) is 1. The van der Waals surface area contributed by atoms with Gasteiger partial charge in [-0.2, -0.15) is 0 Å². The maximum absolute atomic E-state index is 12.7. The highest BCUT2D eigenvalue weighted by atomic mass is 16.2. The average molecular weight is 298 g/mol. The number of fused-ring (bicyclic) bond motifs is 1. The summed E-state index contributed by atoms with van der Waals surface area (Å²) >= 11 is 0. The Hall–Kier alpha value is -1.84. The van der Waals surface area contributed by atoms with Gasteiger partial charge in [-0.05, 0) is 30.2 Å². The zero-order chi connectivity index (χ0) is 15.3. The predicted octanol–water partition coefficient (Wildman–Crippen LogP) is 1.76. The van der Waals surface area contributed by atoms with Crippen LogP contribution in [0.15, 0.2) is 30.3 Å². The number of benzene rings is 1. The van der Waals surface area contributed by atoms with Gasteiger partial charge in [0.15, 0.2) is 0 Å². The highest BCUT2D eigenvalue weighted by Gasteiger charge is 2.58. The minimum atomic E-state index is -0.292. The standard InChI is InChI=1S/C18H22N2O2/c19-17(21)15-10-20(9-14(15)11-5-2-1-3-6-11)18(22)16-12-7-4-8-13(12)16/h1-3,5-6,12-16H,4,7-10H2,(H2,19,21)/t12?,13?,14-,15+,16?/m0/s1. The Balaban J connectivity index is 1.52. The lowest BCUT2D eigenvalue weighted by Gasteiger charge is -2.17. The van der Waals surface area contributed by atoms with E-state index in [2.05, 4.69) is 0 Å². The Labute approximate surface area is 130 Å². The Morgan fingerprint density at radius 2 is 1.73 bits per heavy atom. The molecule has 2 aliphatic carbocycles. The third-order valence-electron chi connectivity index (χ3n) is 5.92. The van der Waals surface area contributed by atoms with Crippen LogP contribution in [0.2, 0.25) is 0 Å². The van der Waals surface area contributed by atoms with Crippen molar-refractivity contribution in [1.29, 1.82) is 0 Å². The number of primary amides is 1. The summed E-state index contributed by atoms with van der Waals surface area (Å²) in [5.41, 5.74) is 6.70. The number of rotatable bonds is 3. The number of amides is 2. The molecule has 0 radical (unpaired) electrons. The number of hydrogen-bond acceptors (Lipinski definition) is 2. The molecule has 2 saturated carbocycles. The second-order valence-electron chi connectivity index (χ2n) is 7.05. The van der Waals surface area contributed by atoms with Gasteiger partial charge < -0.3 is 10.6 Å². The summed E-state index contributed by atoms with van der Waals surface area (Å²) in [5.74, 6) is 1.23. The third-order valence-corrected chi connectivity index (χ3v) is 5.92. The van der Waals surface area contributed by atoms with Gasteiger partial charge in [-0.25, -0.2) is 0 Å². The first-order valence-corrected chi connectivity index (χ1v) is 8.30. The molecular weight excluding hydrogens is 276 g/mol. The Morgan fingerprint density at radius 1 is 1.05 bits per heavy atom. The summed E-state index contributed by atoms with van der Waals surface area (Å²) in [6.45, 7) is 1.12. The molecular formula is C18H22N2O2. The highest BCUT2D eigenvalue weighted by molar-refractivity contribution is 5.85. The summed E-state index contributed by atoms with van der Waals surface area (Å²) < 4.78 is 0. The molecule has 1 aliphatic heterocycles. The lowest BCUT2D eigenvalue weighted by atomic mass is 9.89. The van der Waals surface area contributed by atoms with Crippen LogP contribution in [0.5, 0.6) is 0 Å². The van der Waals surface area contributed by atoms with E-state index in [1.54, 1.807) is 0 Å². The minimum absolute atomic E-state index is 0.0428. The zero-order valence-corrected chi connectivity index (χ0v) is 12.7. The number of hydrogen-bond donors (Lipinski definition) is 1. The van der Waals surface area contributed by atoms with Gasteiger partial charge in [-0.15, -0.1) is 0 Å². The molecule has 3 fully saturated rings. The molecule has 1 aromatic rings. The molecule has 0 spiro atoms. The largest absolute Gasteiger partial charge is 0.369 e. The maximum atomic E-state index is 12.7. The fraction of sp³-hybridized carbons (Fsp3) is 0.556. The molecule has 2 N–H and O–H groups in total. The normalized spacial score (nSPS) is 36.2. The van der Waals surface area contributed by atoms with E-state index in [-0.39, 0.29) is 29.6 Å². The van der Waals surface area contributed by atoms with Crippen molar-refractivity contribution in [2.75, 3.05) is 13.1 Å². The van der Waals surface area contributed by atoms with E-state index in [9.17, 15) is 9.59 Å². The van der Waals surface area contributed by atoms with Gasteiger partial charge in [0.2, 0.25) is 11.8 Å². The maximum Gasteiger partial charge on any atom is 0.226 e. The number of carbonyl (C=O) groups is 2. The van der Waals surface area contributed by atoms with Crippen LogP contribution in [0.25, 0.3) is 0 Å². The Morgan fingerprint density at radius 3 is 2.36 bits per heavy atom. The second-order valence-corrected chi connectivity index (χ2v) is 7.05. The van der Waals surface area contributed by atoms with Gasteiger partial charge in [-0.1, -0.05) is 36.8 Å². The first kappa shape index (κ1) is 13.8. The van der Waals surface area contributed by atoms with E-state index in [0.717, 1.165) is 5.56 Å². The van der Waals surface area contributed by atoms with Crippen molar-refractivity contribution in [1.82, 2.24) is 4.90 Å². The summed E-state index contributed by atoms with van der Waals surface area (Å²) in [7, 11) is 0. The van der Waals surface area contributed by atoms with Crippen molar-refractivity contribution >= 4 is 11.8 Å². The van der Waals surface area contributed by atoms with Crippen molar-refractivity contribution in [3.05, 3.63) is 35.9 Å². The molecule has 3 aliphatic rings. The van der Waals surface area contributed by atoms with Gasteiger partial charge in [0.05, 0.1) is 5.92 Å². The SMILES string of the molecule is NC(=O)[C@@H]1CN(C(=O)C2C3CCCC32)C[C@H]1c1ccccc1. The molecule has 1 saturated heterocycles. The van der Waals surface area contributed by atoms with E-state index < -0.39 is 0 Å². The summed E-state index contributed by atoms with van der Waals surface area (Å²) in [6, 6.07) is 9.97. The molecule has 1 aromatic carbocycles. The van der Waals surface area contributed by atoms with Crippen LogP contribution < -0.4 is 5.73 Å². The number of nitrogens with zero attached hydrogens (tertiary/aromatic N) is 1. The molecule has 2 amide bonds. The van der Waals surface area contributed by atoms with Crippen molar-refractivity contribution in [2.45, 2.75) is 25.2 Å². The van der Waals surface area contributed by atoms with Crippen LogP contribution in [0.1, 0.15) is 30.7 Å². The molecule has 22 heavy (non-hydrogen) atoms. The van der Waals surface area contributed by atoms with Crippen molar-refractivity contribution in [3.63, 3.8) is 0 Å². The molecule has 116 valence electrons. The zero-order valence-electron chi connectivity index (χ0n) is 12.7. The van der Waals surface area contributed by atoms with Crippen molar-refractivity contribution in [2.24, 2.45) is 29.4 Å². The molecule has 4 atom stereocenters. The molecule has 0 aromatic heterocycles. The van der Waals surface area contributed by atoms with Gasteiger partial charge in [0.25, 0.3) is 0 Å². The molecule has 4 nitrogen and oxygen atoms in total. The van der Waals surface area contributed by atoms with Gasteiger partial charge >= 0.3 is 0 Å². The molecule has 2 unspecified atom stereocenters. The van der Waals surface area contributed by atoms with E-state index >= 15 is 0 Å². The van der Waals surface area contributed by atoms with Gasteiger partial charge in [0, 0.05) is 24.9 Å². The molecule has 0 bridgehead atoms. The van der Waals surface area contributed by atoms with E-state index in [0.29, 0.717) is 24.9 Å². The molecule has 4 heteroatoms. The van der Waals surface area contributed by atoms with E-state index in [1.165, 1.54) is 19.3 Å². The van der Waals surface area contributed by atoms with Crippen LogP contribution in [-0.2, 0) is 9.59 Å². The Kier molecular flexibility index (Phi) is 3.21. The topological polar surface area (TPSA) is 63.4 Å². The van der Waals surface area contributed by atoms with Crippen LogP contribution in [0.4, 0.5) is 0 Å². The first-order chi connectivity index (χ1) is 10.7. The van der Waals surface area contributed by atoms with E-state index in [1.807, 2.05) is 35.2 Å². The number of carbonyl (C=O) groups excluding carboxylic acids is 2. The van der Waals surface area contributed by atoms with Crippen LogP contribution in [-0.4, -0.2) is 29.8 Å². The summed E-state index contributed by atoms with van der Waals surface area (Å²) in [5, 5.41) is 0. The van der Waals surface area contributed by atoms with Crippen LogP contribution in [0, 0.1) is 23.7 Å². The molecule has 1 heterocycles. The molecule has 4 rings (SSSR count). The number of nitrogens with two attached hydrogens (primary N) is 1. The van der Waals surface area contributed by atoms with Crippen LogP contribution in [0.3, 0.4) is 0 Å². The minimum Gasteiger partial charge on any atom is -0.369 e.